The van der Waals surface area contributed by atoms with Gasteiger partial charge in [0.05, 0.1) is 29.9 Å². The molecule has 0 fully saturated rings. The van der Waals surface area contributed by atoms with Gasteiger partial charge in [0.1, 0.15) is 24.7 Å². The van der Waals surface area contributed by atoms with Gasteiger partial charge in [0.25, 0.3) is 5.91 Å². The summed E-state index contributed by atoms with van der Waals surface area (Å²) in [6.07, 6.45) is 0. The van der Waals surface area contributed by atoms with E-state index in [1.165, 1.54) is 7.11 Å². The van der Waals surface area contributed by atoms with Crippen LogP contribution >= 0.6 is 11.6 Å². The van der Waals surface area contributed by atoms with Crippen molar-refractivity contribution in [3.63, 3.8) is 0 Å². The number of nitrogens with zero attached hydrogens (tertiary/aromatic N) is 2. The molecule has 0 saturated heterocycles. The maximum atomic E-state index is 12.8. The molecule has 8 heteroatoms. The second-order valence-corrected chi connectivity index (χ2v) is 7.37. The molecule has 0 aliphatic heterocycles. The number of rotatable bonds is 9. The van der Waals surface area contributed by atoms with E-state index in [4.69, 9.17) is 30.3 Å². The Bertz CT molecular complexity index is 1030. The average molecular weight is 445 g/mol. The number of amides is 1. The molecule has 0 spiro atoms. The Morgan fingerprint density at radius 1 is 1.10 bits per heavy atom. The standard InChI is InChI=1S/C23H25ClN2O5/c1-15-18(16(2)31-25-15)14-30-21-10-9-17(13-22(21)28-4)23(27)26(3)11-12-29-20-8-6-5-7-19(20)24/h5-10,13H,11-12,14H2,1-4H3. The molecule has 0 aliphatic carbocycles. The number of aryl methyl sites for hydroxylation is 2. The van der Waals surface area contributed by atoms with Gasteiger partial charge in [-0.2, -0.15) is 0 Å². The van der Waals surface area contributed by atoms with Gasteiger partial charge in [0.15, 0.2) is 11.5 Å². The smallest absolute Gasteiger partial charge is 0.253 e. The van der Waals surface area contributed by atoms with Crippen LogP contribution in [0.1, 0.15) is 27.4 Å². The van der Waals surface area contributed by atoms with Crippen molar-refractivity contribution in [1.29, 1.82) is 0 Å². The van der Waals surface area contributed by atoms with Crippen molar-refractivity contribution in [3.05, 3.63) is 70.1 Å². The molecule has 164 valence electrons. The summed E-state index contributed by atoms with van der Waals surface area (Å²) in [5.41, 5.74) is 2.16. The van der Waals surface area contributed by atoms with Crippen LogP contribution in [0.3, 0.4) is 0 Å². The normalized spacial score (nSPS) is 10.6. The SMILES string of the molecule is COc1cc(C(=O)N(C)CCOc2ccccc2Cl)ccc1OCc1c(C)noc1C. The summed E-state index contributed by atoms with van der Waals surface area (Å²) in [5.74, 6) is 2.15. The van der Waals surface area contributed by atoms with Crippen molar-refractivity contribution in [2.24, 2.45) is 0 Å². The number of benzene rings is 2. The number of hydrogen-bond acceptors (Lipinski definition) is 6. The van der Waals surface area contributed by atoms with Gasteiger partial charge in [-0.15, -0.1) is 0 Å². The van der Waals surface area contributed by atoms with E-state index < -0.39 is 0 Å². The Kier molecular flexibility index (Phi) is 7.41. The summed E-state index contributed by atoms with van der Waals surface area (Å²) in [6, 6.07) is 12.3. The Morgan fingerprint density at radius 2 is 1.87 bits per heavy atom. The Balaban J connectivity index is 1.61. The predicted octanol–water partition coefficient (Wildman–Crippen LogP) is 4.68. The van der Waals surface area contributed by atoms with Gasteiger partial charge in [-0.25, -0.2) is 0 Å². The van der Waals surface area contributed by atoms with Crippen molar-refractivity contribution in [1.82, 2.24) is 10.1 Å². The first-order valence-corrected chi connectivity index (χ1v) is 10.1. The van der Waals surface area contributed by atoms with E-state index >= 15 is 0 Å². The zero-order chi connectivity index (χ0) is 22.4. The maximum Gasteiger partial charge on any atom is 0.253 e. The third-order valence-electron chi connectivity index (χ3n) is 4.83. The lowest BCUT2D eigenvalue weighted by molar-refractivity contribution is 0.0773. The molecule has 0 unspecified atom stereocenters. The van der Waals surface area contributed by atoms with Gasteiger partial charge in [0.2, 0.25) is 0 Å². The summed E-state index contributed by atoms with van der Waals surface area (Å²) in [4.78, 5) is 14.4. The van der Waals surface area contributed by atoms with Gasteiger partial charge in [0, 0.05) is 12.6 Å². The molecule has 31 heavy (non-hydrogen) atoms. The Morgan fingerprint density at radius 3 is 2.55 bits per heavy atom. The third kappa shape index (κ3) is 5.49. The molecule has 0 radical (unpaired) electrons. The van der Waals surface area contributed by atoms with Crippen molar-refractivity contribution in [2.75, 3.05) is 27.3 Å². The summed E-state index contributed by atoms with van der Waals surface area (Å²) in [5, 5.41) is 4.46. The molecule has 7 nitrogen and oxygen atoms in total. The number of ether oxygens (including phenoxy) is 3. The first-order valence-electron chi connectivity index (χ1n) is 9.76. The lowest BCUT2D eigenvalue weighted by Gasteiger charge is -2.19. The molecule has 1 aromatic heterocycles. The average Bonchev–Trinajstić information content (AvgIpc) is 3.10. The van der Waals surface area contributed by atoms with Gasteiger partial charge < -0.3 is 23.6 Å². The number of likely N-dealkylation sites (N-methyl/N-ethyl adjacent to an activating group) is 1. The largest absolute Gasteiger partial charge is 0.493 e. The summed E-state index contributed by atoms with van der Waals surface area (Å²) in [6.45, 7) is 4.71. The van der Waals surface area contributed by atoms with Crippen molar-refractivity contribution < 1.29 is 23.5 Å². The molecule has 1 heterocycles. The number of methoxy groups -OCH3 is 1. The quantitative estimate of drug-likeness (QED) is 0.477. The van der Waals surface area contributed by atoms with Gasteiger partial charge in [-0.05, 0) is 44.2 Å². The topological polar surface area (TPSA) is 74.0 Å². The maximum absolute atomic E-state index is 12.8. The lowest BCUT2D eigenvalue weighted by atomic mass is 10.1. The van der Waals surface area contributed by atoms with Crippen LogP contribution in [0.15, 0.2) is 47.0 Å². The molecule has 0 atom stereocenters. The highest BCUT2D eigenvalue weighted by Gasteiger charge is 2.16. The molecule has 0 saturated carbocycles. The zero-order valence-electron chi connectivity index (χ0n) is 18.0. The predicted molar refractivity (Wildman–Crippen MR) is 117 cm³/mol. The number of carbonyl (C=O) groups is 1. The Hall–Kier alpha value is -3.19. The molecular formula is C23H25ClN2O5. The number of para-hydroxylation sites is 1. The van der Waals surface area contributed by atoms with Crippen LogP contribution in [0.5, 0.6) is 17.2 Å². The summed E-state index contributed by atoms with van der Waals surface area (Å²) in [7, 11) is 3.25. The number of hydrogen-bond donors (Lipinski definition) is 0. The van der Waals surface area contributed by atoms with E-state index in [1.54, 1.807) is 42.3 Å². The minimum absolute atomic E-state index is 0.154. The Labute approximate surface area is 186 Å². The second-order valence-electron chi connectivity index (χ2n) is 6.96. The molecule has 0 aliphatic rings. The summed E-state index contributed by atoms with van der Waals surface area (Å²) >= 11 is 6.08. The van der Waals surface area contributed by atoms with E-state index in [2.05, 4.69) is 5.16 Å². The van der Waals surface area contributed by atoms with E-state index in [0.29, 0.717) is 53.4 Å². The minimum atomic E-state index is -0.154. The zero-order valence-corrected chi connectivity index (χ0v) is 18.7. The van der Waals surface area contributed by atoms with Crippen LogP contribution in [0.4, 0.5) is 0 Å². The second kappa shape index (κ2) is 10.2. The van der Waals surface area contributed by atoms with Crippen LogP contribution in [-0.4, -0.2) is 43.3 Å². The van der Waals surface area contributed by atoms with Crippen molar-refractivity contribution in [3.8, 4) is 17.2 Å². The van der Waals surface area contributed by atoms with Gasteiger partial charge in [-0.3, -0.25) is 4.79 Å². The molecule has 0 N–H and O–H groups in total. The summed E-state index contributed by atoms with van der Waals surface area (Å²) < 4.78 is 22.1. The van der Waals surface area contributed by atoms with Gasteiger partial charge >= 0.3 is 0 Å². The first kappa shape index (κ1) is 22.5. The van der Waals surface area contributed by atoms with E-state index in [1.807, 2.05) is 26.0 Å². The van der Waals surface area contributed by atoms with E-state index in [0.717, 1.165) is 11.3 Å². The highest BCUT2D eigenvalue weighted by molar-refractivity contribution is 6.32. The molecule has 0 bridgehead atoms. The molecule has 3 rings (SSSR count). The monoisotopic (exact) mass is 444 g/mol. The highest BCUT2D eigenvalue weighted by Crippen LogP contribution is 2.30. The third-order valence-corrected chi connectivity index (χ3v) is 5.14. The lowest BCUT2D eigenvalue weighted by Crippen LogP contribution is -2.30. The fourth-order valence-corrected chi connectivity index (χ4v) is 3.14. The molecule has 1 amide bonds. The number of carbonyl (C=O) groups excluding carboxylic acids is 1. The minimum Gasteiger partial charge on any atom is -0.493 e. The molecular weight excluding hydrogens is 420 g/mol. The van der Waals surface area contributed by atoms with E-state index in [9.17, 15) is 4.79 Å². The van der Waals surface area contributed by atoms with Gasteiger partial charge in [-0.1, -0.05) is 28.9 Å². The van der Waals surface area contributed by atoms with Crippen LogP contribution in [0.2, 0.25) is 5.02 Å². The fraction of sp³-hybridized carbons (Fsp3) is 0.304. The van der Waals surface area contributed by atoms with Crippen molar-refractivity contribution in [2.45, 2.75) is 20.5 Å². The van der Waals surface area contributed by atoms with Crippen LogP contribution in [0.25, 0.3) is 0 Å². The molecule has 2 aromatic carbocycles. The van der Waals surface area contributed by atoms with Crippen LogP contribution in [0, 0.1) is 13.8 Å². The van der Waals surface area contributed by atoms with Crippen molar-refractivity contribution >= 4 is 17.5 Å². The van der Waals surface area contributed by atoms with E-state index in [-0.39, 0.29) is 5.91 Å². The number of aromatic nitrogens is 1. The number of halogens is 1. The highest BCUT2D eigenvalue weighted by atomic mass is 35.5. The first-order chi connectivity index (χ1) is 14.9. The molecule has 3 aromatic rings. The van der Waals surface area contributed by atoms with Crippen LogP contribution in [-0.2, 0) is 6.61 Å². The fourth-order valence-electron chi connectivity index (χ4n) is 2.95. The van der Waals surface area contributed by atoms with Crippen LogP contribution < -0.4 is 14.2 Å².